The lowest BCUT2D eigenvalue weighted by Gasteiger charge is -2.14. The fourth-order valence-corrected chi connectivity index (χ4v) is 1.88. The minimum absolute atomic E-state index is 0.103. The standard InChI is InChI=1S/C16H20N4O/c1-3-9-17-15(21)14-10-18-16(19-11-14)20-12(2)13-7-5-4-6-8-13/h4-8,10-12H,3,9H2,1-2H3,(H,17,21)(H,18,19,20). The van der Waals surface area contributed by atoms with Gasteiger partial charge in [-0.15, -0.1) is 0 Å². The molecule has 0 spiro atoms. The van der Waals surface area contributed by atoms with Crippen molar-refractivity contribution in [2.45, 2.75) is 26.3 Å². The fourth-order valence-electron chi connectivity index (χ4n) is 1.88. The number of aromatic nitrogens is 2. The van der Waals surface area contributed by atoms with Crippen LogP contribution in [0.25, 0.3) is 0 Å². The van der Waals surface area contributed by atoms with Gasteiger partial charge in [0.1, 0.15) is 0 Å². The van der Waals surface area contributed by atoms with Crippen molar-refractivity contribution in [3.05, 3.63) is 53.9 Å². The monoisotopic (exact) mass is 284 g/mol. The van der Waals surface area contributed by atoms with Gasteiger partial charge in [-0.2, -0.15) is 0 Å². The van der Waals surface area contributed by atoms with Crippen LogP contribution in [0.1, 0.15) is 42.2 Å². The molecule has 5 heteroatoms. The average molecular weight is 284 g/mol. The smallest absolute Gasteiger partial charge is 0.254 e. The van der Waals surface area contributed by atoms with Crippen LogP contribution in [0.4, 0.5) is 5.95 Å². The number of carbonyl (C=O) groups is 1. The van der Waals surface area contributed by atoms with Crippen molar-refractivity contribution in [1.82, 2.24) is 15.3 Å². The first kappa shape index (κ1) is 15.0. The normalized spacial score (nSPS) is 11.7. The van der Waals surface area contributed by atoms with Crippen molar-refractivity contribution < 1.29 is 4.79 Å². The minimum Gasteiger partial charge on any atom is -0.352 e. The third-order valence-corrected chi connectivity index (χ3v) is 3.09. The van der Waals surface area contributed by atoms with Crippen LogP contribution >= 0.6 is 0 Å². The quantitative estimate of drug-likeness (QED) is 0.856. The SMILES string of the molecule is CCCNC(=O)c1cnc(NC(C)c2ccccc2)nc1. The molecule has 0 aliphatic rings. The lowest BCUT2D eigenvalue weighted by molar-refractivity contribution is 0.0953. The Labute approximate surface area is 124 Å². The summed E-state index contributed by atoms with van der Waals surface area (Å²) < 4.78 is 0. The number of amides is 1. The van der Waals surface area contributed by atoms with Crippen molar-refractivity contribution in [3.8, 4) is 0 Å². The predicted octanol–water partition coefficient (Wildman–Crippen LogP) is 2.79. The summed E-state index contributed by atoms with van der Waals surface area (Å²) in [5, 5.41) is 6.01. The van der Waals surface area contributed by atoms with Crippen LogP contribution in [0.15, 0.2) is 42.7 Å². The predicted molar refractivity (Wildman–Crippen MR) is 83.1 cm³/mol. The highest BCUT2D eigenvalue weighted by Crippen LogP contribution is 2.15. The minimum atomic E-state index is -0.139. The first-order chi connectivity index (χ1) is 10.2. The third kappa shape index (κ3) is 4.27. The summed E-state index contributed by atoms with van der Waals surface area (Å²) in [5.74, 6) is 0.373. The number of anilines is 1. The highest BCUT2D eigenvalue weighted by atomic mass is 16.1. The van der Waals surface area contributed by atoms with E-state index in [0.29, 0.717) is 18.1 Å². The van der Waals surface area contributed by atoms with Crippen molar-refractivity contribution in [2.75, 3.05) is 11.9 Å². The van der Waals surface area contributed by atoms with Crippen LogP contribution in [-0.2, 0) is 0 Å². The van der Waals surface area contributed by atoms with Gasteiger partial charge in [0, 0.05) is 18.9 Å². The van der Waals surface area contributed by atoms with Crippen molar-refractivity contribution in [1.29, 1.82) is 0 Å². The van der Waals surface area contributed by atoms with Gasteiger partial charge >= 0.3 is 0 Å². The summed E-state index contributed by atoms with van der Waals surface area (Å²) in [5.41, 5.74) is 1.63. The molecule has 0 fully saturated rings. The van der Waals surface area contributed by atoms with E-state index in [4.69, 9.17) is 0 Å². The number of rotatable bonds is 6. The Morgan fingerprint density at radius 3 is 2.48 bits per heavy atom. The maximum atomic E-state index is 11.7. The maximum absolute atomic E-state index is 11.7. The molecule has 1 heterocycles. The number of benzene rings is 1. The first-order valence-electron chi connectivity index (χ1n) is 7.12. The van der Waals surface area contributed by atoms with Crippen LogP contribution in [0, 0.1) is 0 Å². The van der Waals surface area contributed by atoms with Gasteiger partial charge in [-0.3, -0.25) is 4.79 Å². The first-order valence-corrected chi connectivity index (χ1v) is 7.12. The van der Waals surface area contributed by atoms with Crippen LogP contribution in [0.3, 0.4) is 0 Å². The zero-order valence-corrected chi connectivity index (χ0v) is 12.3. The van der Waals surface area contributed by atoms with Gasteiger partial charge in [0.15, 0.2) is 0 Å². The molecular weight excluding hydrogens is 264 g/mol. The van der Waals surface area contributed by atoms with Gasteiger partial charge in [0.05, 0.1) is 11.6 Å². The zero-order chi connectivity index (χ0) is 15.1. The topological polar surface area (TPSA) is 66.9 Å². The summed E-state index contributed by atoms with van der Waals surface area (Å²) in [6, 6.07) is 10.2. The molecule has 21 heavy (non-hydrogen) atoms. The van der Waals surface area contributed by atoms with Gasteiger partial charge < -0.3 is 10.6 Å². The molecule has 2 aromatic rings. The second kappa shape index (κ2) is 7.38. The zero-order valence-electron chi connectivity index (χ0n) is 12.3. The lowest BCUT2D eigenvalue weighted by Crippen LogP contribution is -2.24. The van der Waals surface area contributed by atoms with E-state index >= 15 is 0 Å². The van der Waals surface area contributed by atoms with E-state index in [-0.39, 0.29) is 11.9 Å². The fraction of sp³-hybridized carbons (Fsp3) is 0.312. The Morgan fingerprint density at radius 1 is 1.19 bits per heavy atom. The molecule has 0 aliphatic heterocycles. The second-order valence-electron chi connectivity index (χ2n) is 4.83. The van der Waals surface area contributed by atoms with Crippen molar-refractivity contribution in [2.24, 2.45) is 0 Å². The van der Waals surface area contributed by atoms with Crippen LogP contribution in [-0.4, -0.2) is 22.4 Å². The molecule has 0 saturated carbocycles. The molecule has 0 bridgehead atoms. The average Bonchev–Trinajstić information content (AvgIpc) is 2.54. The van der Waals surface area contributed by atoms with E-state index in [0.717, 1.165) is 12.0 Å². The van der Waals surface area contributed by atoms with Crippen LogP contribution < -0.4 is 10.6 Å². The molecule has 1 unspecified atom stereocenters. The molecule has 2 rings (SSSR count). The summed E-state index contributed by atoms with van der Waals surface area (Å²) in [6.45, 7) is 4.71. The van der Waals surface area contributed by atoms with E-state index in [9.17, 15) is 4.79 Å². The Balaban J connectivity index is 1.98. The molecule has 0 radical (unpaired) electrons. The number of carbonyl (C=O) groups excluding carboxylic acids is 1. The summed E-state index contributed by atoms with van der Waals surface area (Å²) >= 11 is 0. The van der Waals surface area contributed by atoms with Gasteiger partial charge in [-0.05, 0) is 18.9 Å². The molecule has 1 aromatic heterocycles. The van der Waals surface area contributed by atoms with Crippen molar-refractivity contribution in [3.63, 3.8) is 0 Å². The Morgan fingerprint density at radius 2 is 1.86 bits per heavy atom. The molecule has 110 valence electrons. The maximum Gasteiger partial charge on any atom is 0.254 e. The van der Waals surface area contributed by atoms with E-state index in [1.807, 2.05) is 44.2 Å². The van der Waals surface area contributed by atoms with E-state index in [1.165, 1.54) is 12.4 Å². The third-order valence-electron chi connectivity index (χ3n) is 3.09. The molecule has 2 N–H and O–H groups in total. The number of hydrogen-bond donors (Lipinski definition) is 2. The van der Waals surface area contributed by atoms with Crippen LogP contribution in [0.2, 0.25) is 0 Å². The van der Waals surface area contributed by atoms with Crippen LogP contribution in [0.5, 0.6) is 0 Å². The van der Waals surface area contributed by atoms with Gasteiger partial charge in [-0.25, -0.2) is 9.97 Å². The van der Waals surface area contributed by atoms with Gasteiger partial charge in [0.2, 0.25) is 5.95 Å². The molecule has 1 amide bonds. The number of nitrogens with zero attached hydrogens (tertiary/aromatic N) is 2. The number of hydrogen-bond acceptors (Lipinski definition) is 4. The van der Waals surface area contributed by atoms with E-state index < -0.39 is 0 Å². The Hall–Kier alpha value is -2.43. The molecule has 0 saturated heterocycles. The highest BCUT2D eigenvalue weighted by Gasteiger charge is 2.09. The molecule has 5 nitrogen and oxygen atoms in total. The second-order valence-corrected chi connectivity index (χ2v) is 4.83. The van der Waals surface area contributed by atoms with E-state index in [2.05, 4.69) is 20.6 Å². The Kier molecular flexibility index (Phi) is 5.26. The van der Waals surface area contributed by atoms with Gasteiger partial charge in [-0.1, -0.05) is 37.3 Å². The molecular formula is C16H20N4O. The van der Waals surface area contributed by atoms with Gasteiger partial charge in [0.25, 0.3) is 5.91 Å². The number of nitrogens with one attached hydrogen (secondary N) is 2. The molecule has 1 atom stereocenters. The summed E-state index contributed by atoms with van der Waals surface area (Å²) in [4.78, 5) is 20.1. The van der Waals surface area contributed by atoms with Crippen molar-refractivity contribution >= 4 is 11.9 Å². The Bertz CT molecular complexity index is 569. The summed E-state index contributed by atoms with van der Waals surface area (Å²) in [7, 11) is 0. The lowest BCUT2D eigenvalue weighted by atomic mass is 10.1. The molecule has 0 aliphatic carbocycles. The molecule has 1 aromatic carbocycles. The highest BCUT2D eigenvalue weighted by molar-refractivity contribution is 5.93. The largest absolute Gasteiger partial charge is 0.352 e. The summed E-state index contributed by atoms with van der Waals surface area (Å²) in [6.07, 6.45) is 3.98. The van der Waals surface area contributed by atoms with E-state index in [1.54, 1.807) is 0 Å².